The predicted octanol–water partition coefficient (Wildman–Crippen LogP) is 2.21. The summed E-state index contributed by atoms with van der Waals surface area (Å²) in [5.74, 6) is 0. The van der Waals surface area contributed by atoms with Crippen LogP contribution in [0.3, 0.4) is 0 Å². The molecule has 1 aromatic carbocycles. The standard InChI is InChI=1S/C11H14N2/c1-13(2)11-7-5-10(6-8-11)4-3-9-12/h5-8H,3-4H2,1-2H3. The molecule has 13 heavy (non-hydrogen) atoms. The van der Waals surface area contributed by atoms with Gasteiger partial charge in [0.25, 0.3) is 0 Å². The van der Waals surface area contributed by atoms with Gasteiger partial charge >= 0.3 is 0 Å². The molecule has 0 atom stereocenters. The monoisotopic (exact) mass is 174 g/mol. The summed E-state index contributed by atoms with van der Waals surface area (Å²) in [6, 6.07) is 10.4. The Labute approximate surface area is 79.4 Å². The summed E-state index contributed by atoms with van der Waals surface area (Å²) in [5.41, 5.74) is 2.42. The third-order valence-corrected chi connectivity index (χ3v) is 1.98. The van der Waals surface area contributed by atoms with Gasteiger partial charge in [0, 0.05) is 26.2 Å². The number of hydrogen-bond acceptors (Lipinski definition) is 2. The summed E-state index contributed by atoms with van der Waals surface area (Å²) in [6.07, 6.45) is 1.45. The van der Waals surface area contributed by atoms with Gasteiger partial charge in [-0.1, -0.05) is 12.1 Å². The molecule has 0 amide bonds. The first-order chi connectivity index (χ1) is 6.24. The molecule has 0 saturated heterocycles. The highest BCUT2D eigenvalue weighted by atomic mass is 15.1. The lowest BCUT2D eigenvalue weighted by atomic mass is 10.1. The van der Waals surface area contributed by atoms with E-state index in [-0.39, 0.29) is 0 Å². The molecule has 1 rings (SSSR count). The molecule has 2 heteroatoms. The smallest absolute Gasteiger partial charge is 0.0625 e. The van der Waals surface area contributed by atoms with Gasteiger partial charge in [0.05, 0.1) is 6.07 Å². The Morgan fingerprint density at radius 1 is 1.23 bits per heavy atom. The van der Waals surface area contributed by atoms with Gasteiger partial charge in [-0.25, -0.2) is 0 Å². The molecule has 0 N–H and O–H groups in total. The fraction of sp³-hybridized carbons (Fsp3) is 0.364. The first-order valence-corrected chi connectivity index (χ1v) is 4.37. The van der Waals surface area contributed by atoms with Gasteiger partial charge in [-0.05, 0) is 24.1 Å². The quantitative estimate of drug-likeness (QED) is 0.702. The van der Waals surface area contributed by atoms with Crippen molar-refractivity contribution in [3.05, 3.63) is 29.8 Å². The Morgan fingerprint density at radius 3 is 2.31 bits per heavy atom. The molecule has 0 heterocycles. The molecule has 1 aromatic rings. The van der Waals surface area contributed by atoms with E-state index >= 15 is 0 Å². The lowest BCUT2D eigenvalue weighted by molar-refractivity contribution is 1.01. The number of anilines is 1. The van der Waals surface area contributed by atoms with Gasteiger partial charge in [-0.15, -0.1) is 0 Å². The van der Waals surface area contributed by atoms with Crippen molar-refractivity contribution < 1.29 is 0 Å². The summed E-state index contributed by atoms with van der Waals surface area (Å²) in [7, 11) is 4.04. The van der Waals surface area contributed by atoms with Gasteiger partial charge in [0.2, 0.25) is 0 Å². The van der Waals surface area contributed by atoms with Crippen molar-refractivity contribution in [2.45, 2.75) is 12.8 Å². The van der Waals surface area contributed by atoms with Crippen LogP contribution in [-0.4, -0.2) is 14.1 Å². The number of benzene rings is 1. The van der Waals surface area contributed by atoms with E-state index in [9.17, 15) is 0 Å². The second kappa shape index (κ2) is 4.51. The Hall–Kier alpha value is -1.49. The maximum Gasteiger partial charge on any atom is 0.0625 e. The van der Waals surface area contributed by atoms with Crippen molar-refractivity contribution in [1.82, 2.24) is 0 Å². The molecule has 68 valence electrons. The number of aryl methyl sites for hydroxylation is 1. The van der Waals surface area contributed by atoms with E-state index in [1.165, 1.54) is 11.3 Å². The molecule has 2 nitrogen and oxygen atoms in total. The van der Waals surface area contributed by atoms with E-state index in [0.29, 0.717) is 6.42 Å². The fourth-order valence-corrected chi connectivity index (χ4v) is 1.16. The summed E-state index contributed by atoms with van der Waals surface area (Å²) < 4.78 is 0. The fourth-order valence-electron chi connectivity index (χ4n) is 1.16. The van der Waals surface area contributed by atoms with Gasteiger partial charge in [0.15, 0.2) is 0 Å². The topological polar surface area (TPSA) is 27.0 Å². The highest BCUT2D eigenvalue weighted by Gasteiger charge is 1.95. The number of hydrogen-bond donors (Lipinski definition) is 0. The normalized spacial score (nSPS) is 9.31. The SMILES string of the molecule is CN(C)c1ccc(CCC#N)cc1. The maximum absolute atomic E-state index is 8.41. The molecule has 0 spiro atoms. The van der Waals surface area contributed by atoms with Crippen molar-refractivity contribution in [3.63, 3.8) is 0 Å². The number of nitrogens with zero attached hydrogens (tertiary/aromatic N) is 2. The summed E-state index contributed by atoms with van der Waals surface area (Å²) in [4.78, 5) is 2.06. The van der Waals surface area contributed by atoms with Gasteiger partial charge in [-0.2, -0.15) is 5.26 Å². The predicted molar refractivity (Wildman–Crippen MR) is 54.7 cm³/mol. The van der Waals surface area contributed by atoms with E-state index in [1.807, 2.05) is 14.1 Å². The van der Waals surface area contributed by atoms with E-state index in [1.54, 1.807) is 0 Å². The third kappa shape index (κ3) is 2.79. The minimum atomic E-state index is 0.599. The van der Waals surface area contributed by atoms with E-state index in [4.69, 9.17) is 5.26 Å². The molecule has 0 fully saturated rings. The van der Waals surface area contributed by atoms with Crippen LogP contribution in [0.2, 0.25) is 0 Å². The molecule has 0 radical (unpaired) electrons. The Balaban J connectivity index is 2.65. The third-order valence-electron chi connectivity index (χ3n) is 1.98. The Bertz CT molecular complexity index is 293. The van der Waals surface area contributed by atoms with Gasteiger partial charge in [-0.3, -0.25) is 0 Å². The van der Waals surface area contributed by atoms with Crippen molar-refractivity contribution in [2.75, 3.05) is 19.0 Å². The molecular formula is C11H14N2. The molecule has 0 aromatic heterocycles. The highest BCUT2D eigenvalue weighted by Crippen LogP contribution is 2.12. The zero-order chi connectivity index (χ0) is 9.68. The molecular weight excluding hydrogens is 160 g/mol. The summed E-state index contributed by atoms with van der Waals surface area (Å²) in [6.45, 7) is 0. The van der Waals surface area contributed by atoms with Gasteiger partial charge in [0.1, 0.15) is 0 Å². The summed E-state index contributed by atoms with van der Waals surface area (Å²) >= 11 is 0. The molecule has 0 saturated carbocycles. The largest absolute Gasteiger partial charge is 0.378 e. The van der Waals surface area contributed by atoms with Crippen LogP contribution in [0.5, 0.6) is 0 Å². The number of nitriles is 1. The average molecular weight is 174 g/mol. The molecule has 0 unspecified atom stereocenters. The van der Waals surface area contributed by atoms with Crippen LogP contribution in [0, 0.1) is 11.3 Å². The van der Waals surface area contributed by atoms with Crippen LogP contribution < -0.4 is 4.90 Å². The molecule has 0 aliphatic heterocycles. The van der Waals surface area contributed by atoms with E-state index < -0.39 is 0 Å². The Morgan fingerprint density at radius 2 is 1.85 bits per heavy atom. The van der Waals surface area contributed by atoms with Crippen molar-refractivity contribution in [2.24, 2.45) is 0 Å². The Kier molecular flexibility index (Phi) is 3.33. The van der Waals surface area contributed by atoms with E-state index in [0.717, 1.165) is 6.42 Å². The van der Waals surface area contributed by atoms with Crippen molar-refractivity contribution in [1.29, 1.82) is 5.26 Å². The van der Waals surface area contributed by atoms with Crippen LogP contribution in [0.4, 0.5) is 5.69 Å². The summed E-state index contributed by atoms with van der Waals surface area (Å²) in [5, 5.41) is 8.41. The average Bonchev–Trinajstić information content (AvgIpc) is 2.15. The second-order valence-electron chi connectivity index (χ2n) is 3.22. The second-order valence-corrected chi connectivity index (χ2v) is 3.22. The molecule has 0 bridgehead atoms. The minimum absolute atomic E-state index is 0.599. The zero-order valence-corrected chi connectivity index (χ0v) is 8.12. The lowest BCUT2D eigenvalue weighted by Crippen LogP contribution is -2.08. The minimum Gasteiger partial charge on any atom is -0.378 e. The molecule has 0 aliphatic rings. The maximum atomic E-state index is 8.41. The van der Waals surface area contributed by atoms with Crippen molar-refractivity contribution in [3.8, 4) is 6.07 Å². The highest BCUT2D eigenvalue weighted by molar-refractivity contribution is 5.46. The lowest BCUT2D eigenvalue weighted by Gasteiger charge is -2.12. The molecule has 0 aliphatic carbocycles. The van der Waals surface area contributed by atoms with Crippen LogP contribution in [0.25, 0.3) is 0 Å². The van der Waals surface area contributed by atoms with Crippen LogP contribution in [-0.2, 0) is 6.42 Å². The number of rotatable bonds is 3. The van der Waals surface area contributed by atoms with Gasteiger partial charge < -0.3 is 4.90 Å². The zero-order valence-electron chi connectivity index (χ0n) is 8.12. The van der Waals surface area contributed by atoms with Crippen LogP contribution >= 0.6 is 0 Å². The first-order valence-electron chi connectivity index (χ1n) is 4.37. The van der Waals surface area contributed by atoms with E-state index in [2.05, 4.69) is 35.2 Å². The van der Waals surface area contributed by atoms with Crippen molar-refractivity contribution >= 4 is 5.69 Å². The van der Waals surface area contributed by atoms with Crippen LogP contribution in [0.15, 0.2) is 24.3 Å². The van der Waals surface area contributed by atoms with Crippen LogP contribution in [0.1, 0.15) is 12.0 Å². The first kappa shape index (κ1) is 9.60.